The van der Waals surface area contributed by atoms with E-state index < -0.39 is 0 Å². The standard InChI is InChI=1S/C6H12NO/c1-4-5-7(8)6(2)3/h2,4-5H2,1,3H3/q-1. The van der Waals surface area contributed by atoms with Crippen LogP contribution in [-0.2, 0) is 0 Å². The third-order valence-corrected chi connectivity index (χ3v) is 0.852. The highest BCUT2D eigenvalue weighted by atomic mass is 16.5. The Hall–Kier alpha value is -0.500. The molecule has 0 aromatic heterocycles. The highest BCUT2D eigenvalue weighted by Crippen LogP contribution is 1.96. The van der Waals surface area contributed by atoms with Crippen molar-refractivity contribution in [2.24, 2.45) is 0 Å². The topological polar surface area (TPSA) is 26.3 Å². The van der Waals surface area contributed by atoms with E-state index in [0.29, 0.717) is 12.2 Å². The van der Waals surface area contributed by atoms with Gasteiger partial charge in [0.2, 0.25) is 0 Å². The monoisotopic (exact) mass is 114 g/mol. The van der Waals surface area contributed by atoms with Crippen LogP contribution in [0.25, 0.3) is 0 Å². The van der Waals surface area contributed by atoms with Crippen LogP contribution in [0.2, 0.25) is 0 Å². The number of allylic oxidation sites excluding steroid dienone is 1. The Balaban J connectivity index is 3.32. The smallest absolute Gasteiger partial charge is 0.00508 e. The zero-order valence-electron chi connectivity index (χ0n) is 5.48. The molecule has 2 heteroatoms. The lowest BCUT2D eigenvalue weighted by Gasteiger charge is -2.29. The highest BCUT2D eigenvalue weighted by molar-refractivity contribution is 4.88. The Labute approximate surface area is 50.4 Å². The average Bonchev–Trinajstić information content (AvgIpc) is 1.67. The second-order valence-electron chi connectivity index (χ2n) is 1.84. The number of hydrogen-bond acceptors (Lipinski definition) is 2. The molecule has 0 aromatic carbocycles. The fourth-order valence-electron chi connectivity index (χ4n) is 0.394. The van der Waals surface area contributed by atoms with Gasteiger partial charge in [-0.25, -0.2) is 0 Å². The number of nitrogens with zero attached hydrogens (tertiary/aromatic N) is 1. The molecule has 0 aromatic rings. The van der Waals surface area contributed by atoms with Crippen molar-refractivity contribution in [2.45, 2.75) is 20.3 Å². The van der Waals surface area contributed by atoms with E-state index in [0.717, 1.165) is 11.5 Å². The molecule has 8 heavy (non-hydrogen) atoms. The second kappa shape index (κ2) is 3.50. The minimum absolute atomic E-state index is 0.565. The van der Waals surface area contributed by atoms with E-state index in [9.17, 15) is 5.21 Å². The molecule has 48 valence electrons. The van der Waals surface area contributed by atoms with Crippen LogP contribution in [0.5, 0.6) is 0 Å². The third kappa shape index (κ3) is 2.64. The fraction of sp³-hybridized carbons (Fsp3) is 0.667. The summed E-state index contributed by atoms with van der Waals surface area (Å²) < 4.78 is 0. The molecular formula is C6H12NO-. The maximum atomic E-state index is 10.6. The Morgan fingerprint density at radius 2 is 2.25 bits per heavy atom. The molecule has 0 spiro atoms. The zero-order valence-corrected chi connectivity index (χ0v) is 5.48. The van der Waals surface area contributed by atoms with Gasteiger partial charge in [0.15, 0.2) is 0 Å². The first-order valence-electron chi connectivity index (χ1n) is 2.78. The van der Waals surface area contributed by atoms with Gasteiger partial charge in [-0.05, 0) is 19.0 Å². The molecule has 0 saturated heterocycles. The second-order valence-corrected chi connectivity index (χ2v) is 1.84. The van der Waals surface area contributed by atoms with Crippen LogP contribution in [0.4, 0.5) is 0 Å². The summed E-state index contributed by atoms with van der Waals surface area (Å²) in [5.74, 6) is 0. The molecule has 0 fully saturated rings. The lowest BCUT2D eigenvalue weighted by Crippen LogP contribution is -2.12. The summed E-state index contributed by atoms with van der Waals surface area (Å²) in [7, 11) is 0. The first-order valence-corrected chi connectivity index (χ1v) is 2.78. The van der Waals surface area contributed by atoms with E-state index >= 15 is 0 Å². The van der Waals surface area contributed by atoms with Gasteiger partial charge in [0.05, 0.1) is 0 Å². The van der Waals surface area contributed by atoms with Crippen molar-refractivity contribution in [1.82, 2.24) is 5.06 Å². The van der Waals surface area contributed by atoms with Crippen molar-refractivity contribution < 1.29 is 0 Å². The maximum Gasteiger partial charge on any atom is 0.00508 e. The average molecular weight is 114 g/mol. The van der Waals surface area contributed by atoms with E-state index in [1.165, 1.54) is 0 Å². The van der Waals surface area contributed by atoms with Crippen molar-refractivity contribution in [3.63, 3.8) is 0 Å². The Morgan fingerprint density at radius 1 is 1.75 bits per heavy atom. The Kier molecular flexibility index (Phi) is 3.28. The van der Waals surface area contributed by atoms with Crippen molar-refractivity contribution in [2.75, 3.05) is 6.54 Å². The molecule has 2 nitrogen and oxygen atoms in total. The van der Waals surface area contributed by atoms with Crippen molar-refractivity contribution in [3.05, 3.63) is 17.5 Å². The van der Waals surface area contributed by atoms with E-state index in [2.05, 4.69) is 6.58 Å². The maximum absolute atomic E-state index is 10.6. The van der Waals surface area contributed by atoms with Gasteiger partial charge in [0.25, 0.3) is 0 Å². The van der Waals surface area contributed by atoms with Gasteiger partial charge >= 0.3 is 0 Å². The van der Waals surface area contributed by atoms with Crippen LogP contribution in [-0.4, -0.2) is 11.6 Å². The van der Waals surface area contributed by atoms with E-state index in [4.69, 9.17) is 0 Å². The molecule has 0 N–H and O–H groups in total. The molecule has 0 amide bonds. The van der Waals surface area contributed by atoms with Gasteiger partial charge in [-0.2, -0.15) is 0 Å². The molecule has 0 atom stereocenters. The predicted octanol–water partition coefficient (Wildman–Crippen LogP) is 1.73. The van der Waals surface area contributed by atoms with Crippen LogP contribution in [0.15, 0.2) is 12.3 Å². The summed E-state index contributed by atoms with van der Waals surface area (Å²) in [5, 5.41) is 11.5. The molecule has 0 aliphatic carbocycles. The number of rotatable bonds is 3. The first-order chi connectivity index (χ1) is 3.68. The summed E-state index contributed by atoms with van der Waals surface area (Å²) in [6.07, 6.45) is 0.885. The van der Waals surface area contributed by atoms with Crippen molar-refractivity contribution >= 4 is 0 Å². The van der Waals surface area contributed by atoms with Gasteiger partial charge in [0, 0.05) is 6.54 Å². The van der Waals surface area contributed by atoms with Crippen molar-refractivity contribution in [1.29, 1.82) is 0 Å². The predicted molar refractivity (Wildman–Crippen MR) is 35.2 cm³/mol. The van der Waals surface area contributed by atoms with Crippen LogP contribution in [0.3, 0.4) is 0 Å². The normalized spacial score (nSPS) is 8.88. The lowest BCUT2D eigenvalue weighted by molar-refractivity contribution is 0.467. The van der Waals surface area contributed by atoms with Crippen LogP contribution in [0.1, 0.15) is 20.3 Å². The molecule has 0 heterocycles. The minimum atomic E-state index is 0.565. The van der Waals surface area contributed by atoms with E-state index in [1.54, 1.807) is 6.92 Å². The minimum Gasteiger partial charge on any atom is -0.759 e. The van der Waals surface area contributed by atoms with Gasteiger partial charge in [-0.3, -0.25) is 0 Å². The van der Waals surface area contributed by atoms with Crippen LogP contribution >= 0.6 is 0 Å². The SMILES string of the molecule is C=C(C)N([O-])CCC. The first kappa shape index (κ1) is 7.50. The Bertz CT molecular complexity index is 80.6. The summed E-state index contributed by atoms with van der Waals surface area (Å²) in [5.41, 5.74) is 0.590. The molecule has 0 bridgehead atoms. The quantitative estimate of drug-likeness (QED) is 0.522. The van der Waals surface area contributed by atoms with E-state index in [-0.39, 0.29) is 0 Å². The lowest BCUT2D eigenvalue weighted by atomic mass is 10.4. The van der Waals surface area contributed by atoms with Crippen LogP contribution < -0.4 is 0 Å². The summed E-state index contributed by atoms with van der Waals surface area (Å²) in [4.78, 5) is 0. The largest absolute Gasteiger partial charge is 0.759 e. The van der Waals surface area contributed by atoms with Crippen molar-refractivity contribution in [3.8, 4) is 0 Å². The number of hydrogen-bond donors (Lipinski definition) is 0. The summed E-state index contributed by atoms with van der Waals surface area (Å²) >= 11 is 0. The molecule has 0 saturated carbocycles. The van der Waals surface area contributed by atoms with Gasteiger partial charge < -0.3 is 10.3 Å². The Morgan fingerprint density at radius 3 is 2.38 bits per heavy atom. The van der Waals surface area contributed by atoms with Crippen LogP contribution in [0, 0.1) is 5.21 Å². The van der Waals surface area contributed by atoms with Gasteiger partial charge in [-0.1, -0.05) is 13.5 Å². The molecule has 0 unspecified atom stereocenters. The molecular weight excluding hydrogens is 102 g/mol. The fourth-order valence-corrected chi connectivity index (χ4v) is 0.394. The molecule has 0 radical (unpaired) electrons. The number of hydroxylamine groups is 2. The van der Waals surface area contributed by atoms with Gasteiger partial charge in [0.1, 0.15) is 0 Å². The highest BCUT2D eigenvalue weighted by Gasteiger charge is 1.83. The van der Waals surface area contributed by atoms with Gasteiger partial charge in [-0.15, -0.1) is 0 Å². The summed E-state index contributed by atoms with van der Waals surface area (Å²) in [6.45, 7) is 7.73. The van der Waals surface area contributed by atoms with E-state index in [1.807, 2.05) is 6.92 Å². The third-order valence-electron chi connectivity index (χ3n) is 0.852. The molecule has 0 rings (SSSR count). The summed E-state index contributed by atoms with van der Waals surface area (Å²) in [6, 6.07) is 0. The zero-order chi connectivity index (χ0) is 6.57. The molecule has 0 aliphatic heterocycles. The molecule has 0 aliphatic rings.